The summed E-state index contributed by atoms with van der Waals surface area (Å²) in [7, 11) is 0. The molecule has 0 fully saturated rings. The molecule has 4 nitrogen and oxygen atoms in total. The number of hydrogen-bond donors (Lipinski definition) is 2. The number of nitrogens with zero attached hydrogens (tertiary/aromatic N) is 1. The Hall–Kier alpha value is -1.81. The highest BCUT2D eigenvalue weighted by atomic mass is 35.5. The van der Waals surface area contributed by atoms with Crippen molar-refractivity contribution in [2.24, 2.45) is 5.41 Å². The molecule has 0 saturated heterocycles. The van der Waals surface area contributed by atoms with Gasteiger partial charge in [-0.15, -0.1) is 0 Å². The summed E-state index contributed by atoms with van der Waals surface area (Å²) in [5, 5.41) is 11.2. The van der Waals surface area contributed by atoms with Crippen molar-refractivity contribution >= 4 is 28.9 Å². The number of ketones is 1. The van der Waals surface area contributed by atoms with Gasteiger partial charge in [-0.05, 0) is 36.5 Å². The van der Waals surface area contributed by atoms with Crippen LogP contribution >= 0.6 is 11.6 Å². The monoisotopic (exact) mass is 303 g/mol. The van der Waals surface area contributed by atoms with E-state index in [1.807, 2.05) is 25.1 Å². The summed E-state index contributed by atoms with van der Waals surface area (Å²) in [6, 6.07) is 5.65. The molecule has 0 aliphatic heterocycles. The molecule has 21 heavy (non-hydrogen) atoms. The molecular weight excluding hydrogens is 286 g/mol. The number of aromatic nitrogens is 2. The maximum absolute atomic E-state index is 12.4. The SMILES string of the molecule is Cc1c(Cl)cccc1Nc1n[nH]c2c1C(=O)CC(C)(C)C2. The molecule has 1 aliphatic carbocycles. The zero-order valence-corrected chi connectivity index (χ0v) is 13.1. The van der Waals surface area contributed by atoms with Crippen LogP contribution in [0.15, 0.2) is 18.2 Å². The van der Waals surface area contributed by atoms with Crippen LogP contribution in [-0.2, 0) is 6.42 Å². The fourth-order valence-corrected chi connectivity index (χ4v) is 3.01. The van der Waals surface area contributed by atoms with E-state index in [0.29, 0.717) is 22.8 Å². The van der Waals surface area contributed by atoms with Gasteiger partial charge in [-0.25, -0.2) is 0 Å². The van der Waals surface area contributed by atoms with E-state index in [1.165, 1.54) is 0 Å². The molecule has 2 N–H and O–H groups in total. The highest BCUT2D eigenvalue weighted by Crippen LogP contribution is 2.37. The minimum atomic E-state index is -0.0140. The summed E-state index contributed by atoms with van der Waals surface area (Å²) < 4.78 is 0. The summed E-state index contributed by atoms with van der Waals surface area (Å²) in [4.78, 5) is 12.4. The van der Waals surface area contributed by atoms with Crippen molar-refractivity contribution < 1.29 is 4.79 Å². The number of halogens is 1. The smallest absolute Gasteiger partial charge is 0.169 e. The number of carbonyl (C=O) groups excluding carboxylic acids is 1. The van der Waals surface area contributed by atoms with Crippen LogP contribution < -0.4 is 5.32 Å². The predicted molar refractivity (Wildman–Crippen MR) is 84.5 cm³/mol. The van der Waals surface area contributed by atoms with Crippen LogP contribution in [0.25, 0.3) is 0 Å². The fourth-order valence-electron chi connectivity index (χ4n) is 2.83. The fraction of sp³-hybridized carbons (Fsp3) is 0.375. The molecule has 2 aromatic rings. The molecule has 0 spiro atoms. The first-order valence-corrected chi connectivity index (χ1v) is 7.38. The molecule has 1 heterocycles. The van der Waals surface area contributed by atoms with Gasteiger partial charge >= 0.3 is 0 Å². The van der Waals surface area contributed by atoms with Gasteiger partial charge in [-0.2, -0.15) is 5.10 Å². The number of nitrogens with one attached hydrogen (secondary N) is 2. The minimum absolute atomic E-state index is 0.0140. The van der Waals surface area contributed by atoms with E-state index in [-0.39, 0.29) is 11.2 Å². The number of Topliss-reactive ketones (excluding diaryl/α,β-unsaturated/α-hetero) is 1. The molecule has 0 bridgehead atoms. The molecule has 0 atom stereocenters. The number of hydrogen-bond acceptors (Lipinski definition) is 3. The topological polar surface area (TPSA) is 57.8 Å². The van der Waals surface area contributed by atoms with E-state index in [0.717, 1.165) is 23.4 Å². The van der Waals surface area contributed by atoms with Crippen LogP contribution in [0.3, 0.4) is 0 Å². The molecule has 1 aliphatic rings. The van der Waals surface area contributed by atoms with Gasteiger partial charge in [0.1, 0.15) is 0 Å². The van der Waals surface area contributed by atoms with Crippen LogP contribution in [0.4, 0.5) is 11.5 Å². The first kappa shape index (κ1) is 14.1. The second-order valence-electron chi connectivity index (χ2n) is 6.40. The maximum Gasteiger partial charge on any atom is 0.169 e. The van der Waals surface area contributed by atoms with Gasteiger partial charge in [0, 0.05) is 22.8 Å². The largest absolute Gasteiger partial charge is 0.338 e. The second-order valence-corrected chi connectivity index (χ2v) is 6.81. The lowest BCUT2D eigenvalue weighted by atomic mass is 9.76. The van der Waals surface area contributed by atoms with Crippen LogP contribution in [0, 0.1) is 12.3 Å². The standard InChI is InChI=1S/C16H18ClN3O/c1-9-10(17)5-4-6-11(9)18-15-14-12(19-20-15)7-16(2,3)8-13(14)21/h4-6H,7-8H2,1-3H3,(H2,18,19,20). The van der Waals surface area contributed by atoms with Gasteiger partial charge in [-0.1, -0.05) is 31.5 Å². The quantitative estimate of drug-likeness (QED) is 0.871. The summed E-state index contributed by atoms with van der Waals surface area (Å²) in [5.74, 6) is 0.730. The Labute approximate surface area is 128 Å². The molecule has 1 aromatic heterocycles. The van der Waals surface area contributed by atoms with Gasteiger partial charge in [-0.3, -0.25) is 9.89 Å². The van der Waals surface area contributed by atoms with E-state index in [2.05, 4.69) is 29.4 Å². The predicted octanol–water partition coefficient (Wildman–Crippen LogP) is 4.27. The van der Waals surface area contributed by atoms with E-state index in [1.54, 1.807) is 0 Å². The zero-order valence-electron chi connectivity index (χ0n) is 12.4. The van der Waals surface area contributed by atoms with Crippen molar-refractivity contribution in [3.8, 4) is 0 Å². The highest BCUT2D eigenvalue weighted by Gasteiger charge is 2.34. The molecule has 0 radical (unpaired) electrons. The van der Waals surface area contributed by atoms with E-state index >= 15 is 0 Å². The first-order chi connectivity index (χ1) is 9.87. The normalized spacial score (nSPS) is 16.7. The van der Waals surface area contributed by atoms with Crippen molar-refractivity contribution in [1.82, 2.24) is 10.2 Å². The van der Waals surface area contributed by atoms with Gasteiger partial charge in [0.2, 0.25) is 0 Å². The van der Waals surface area contributed by atoms with Gasteiger partial charge in [0.25, 0.3) is 0 Å². The van der Waals surface area contributed by atoms with E-state index in [4.69, 9.17) is 11.6 Å². The Morgan fingerprint density at radius 2 is 2.10 bits per heavy atom. The third-order valence-electron chi connectivity index (χ3n) is 3.94. The molecule has 0 amide bonds. The lowest BCUT2D eigenvalue weighted by Crippen LogP contribution is -2.26. The lowest BCUT2D eigenvalue weighted by molar-refractivity contribution is 0.0912. The summed E-state index contributed by atoms with van der Waals surface area (Å²) in [6.45, 7) is 6.14. The van der Waals surface area contributed by atoms with Crippen molar-refractivity contribution in [2.45, 2.75) is 33.6 Å². The Kier molecular flexibility index (Phi) is 3.29. The Morgan fingerprint density at radius 3 is 2.86 bits per heavy atom. The maximum atomic E-state index is 12.4. The molecule has 110 valence electrons. The van der Waals surface area contributed by atoms with Crippen molar-refractivity contribution in [2.75, 3.05) is 5.32 Å². The van der Waals surface area contributed by atoms with Gasteiger partial charge in [0.15, 0.2) is 11.6 Å². The van der Waals surface area contributed by atoms with Gasteiger partial charge in [0.05, 0.1) is 5.56 Å². The first-order valence-electron chi connectivity index (χ1n) is 7.00. The summed E-state index contributed by atoms with van der Waals surface area (Å²) >= 11 is 6.13. The van der Waals surface area contributed by atoms with Crippen molar-refractivity contribution in [1.29, 1.82) is 0 Å². The second kappa shape index (κ2) is 4.88. The molecular formula is C16H18ClN3O. The molecule has 1 aromatic carbocycles. The number of rotatable bonds is 2. The number of fused-ring (bicyclic) bond motifs is 1. The Morgan fingerprint density at radius 1 is 1.33 bits per heavy atom. The number of benzene rings is 1. The number of anilines is 2. The van der Waals surface area contributed by atoms with Gasteiger partial charge < -0.3 is 5.32 Å². The van der Waals surface area contributed by atoms with Crippen LogP contribution in [0.5, 0.6) is 0 Å². The number of aromatic amines is 1. The third kappa shape index (κ3) is 2.56. The van der Waals surface area contributed by atoms with E-state index < -0.39 is 0 Å². The van der Waals surface area contributed by atoms with Crippen LogP contribution in [0.2, 0.25) is 5.02 Å². The Bertz CT molecular complexity index is 718. The average Bonchev–Trinajstić information content (AvgIpc) is 2.76. The van der Waals surface area contributed by atoms with Crippen LogP contribution in [0.1, 0.15) is 41.9 Å². The van der Waals surface area contributed by atoms with E-state index in [9.17, 15) is 4.79 Å². The summed E-state index contributed by atoms with van der Waals surface area (Å²) in [6.07, 6.45) is 1.38. The zero-order chi connectivity index (χ0) is 15.2. The molecule has 0 saturated carbocycles. The highest BCUT2D eigenvalue weighted by molar-refractivity contribution is 6.31. The number of H-pyrrole nitrogens is 1. The number of carbonyl (C=O) groups is 1. The summed E-state index contributed by atoms with van der Waals surface area (Å²) in [5.41, 5.74) is 3.40. The van der Waals surface area contributed by atoms with Crippen molar-refractivity contribution in [3.63, 3.8) is 0 Å². The Balaban J connectivity index is 1.97. The van der Waals surface area contributed by atoms with Crippen molar-refractivity contribution in [3.05, 3.63) is 40.0 Å². The molecule has 3 rings (SSSR count). The minimum Gasteiger partial charge on any atom is -0.338 e. The van der Waals surface area contributed by atoms with Crippen LogP contribution in [-0.4, -0.2) is 16.0 Å². The average molecular weight is 304 g/mol. The lowest BCUT2D eigenvalue weighted by Gasteiger charge is -2.27. The third-order valence-corrected chi connectivity index (χ3v) is 4.34. The molecule has 0 unspecified atom stereocenters. The molecule has 5 heteroatoms.